The summed E-state index contributed by atoms with van der Waals surface area (Å²) in [5, 5.41) is 5.30. The Kier molecular flexibility index (Phi) is 6.59. The van der Waals surface area contributed by atoms with Gasteiger partial charge in [0.1, 0.15) is 0 Å². The lowest BCUT2D eigenvalue weighted by Gasteiger charge is -2.04. The van der Waals surface area contributed by atoms with E-state index in [0.717, 1.165) is 6.54 Å². The van der Waals surface area contributed by atoms with Crippen molar-refractivity contribution in [2.24, 2.45) is 0 Å². The van der Waals surface area contributed by atoms with Crippen LogP contribution < -0.4 is 11.2 Å². The van der Waals surface area contributed by atoms with E-state index in [-0.39, 0.29) is 0 Å². The zero-order valence-corrected chi connectivity index (χ0v) is 14.4. The first-order valence-corrected chi connectivity index (χ1v) is 7.87. The van der Waals surface area contributed by atoms with Crippen molar-refractivity contribution in [3.05, 3.63) is 81.6 Å². The van der Waals surface area contributed by atoms with E-state index < -0.39 is 0 Å². The Morgan fingerprint density at radius 1 is 1.00 bits per heavy atom. The zero-order chi connectivity index (χ0) is 16.7. The molecule has 3 rings (SSSR count). The zero-order valence-electron chi connectivity index (χ0n) is 12.1. The molecule has 0 fully saturated rings. The SMILES string of the molecule is Nc1c(Cl)cc(Cl)cc1Cl.c1ccc(CNn2cccn2)cc1. The Labute approximate surface area is 149 Å². The van der Waals surface area contributed by atoms with E-state index >= 15 is 0 Å². The van der Waals surface area contributed by atoms with Gasteiger partial charge >= 0.3 is 0 Å². The fraction of sp³-hybridized carbons (Fsp3) is 0.0625. The maximum Gasteiger partial charge on any atom is 0.0693 e. The number of nitrogen functional groups attached to an aromatic ring is 1. The molecule has 0 aliphatic rings. The molecule has 120 valence electrons. The minimum Gasteiger partial charge on any atom is -0.396 e. The molecule has 3 aromatic rings. The van der Waals surface area contributed by atoms with Crippen molar-refractivity contribution in [1.29, 1.82) is 0 Å². The van der Waals surface area contributed by atoms with E-state index in [9.17, 15) is 0 Å². The van der Waals surface area contributed by atoms with Crippen molar-refractivity contribution >= 4 is 40.5 Å². The number of hydrogen-bond acceptors (Lipinski definition) is 3. The monoisotopic (exact) mass is 368 g/mol. The number of aromatic nitrogens is 2. The van der Waals surface area contributed by atoms with Crippen LogP contribution in [0.2, 0.25) is 15.1 Å². The predicted molar refractivity (Wildman–Crippen MR) is 97.6 cm³/mol. The molecule has 0 saturated heterocycles. The number of rotatable bonds is 3. The van der Waals surface area contributed by atoms with Gasteiger partial charge in [0.05, 0.1) is 28.5 Å². The maximum atomic E-state index is 5.63. The molecule has 2 aromatic carbocycles. The van der Waals surface area contributed by atoms with Crippen molar-refractivity contribution in [3.8, 4) is 0 Å². The van der Waals surface area contributed by atoms with Crippen molar-refractivity contribution in [1.82, 2.24) is 9.89 Å². The summed E-state index contributed by atoms with van der Waals surface area (Å²) in [5.74, 6) is 0. The fourth-order valence-corrected chi connectivity index (χ4v) is 2.50. The second kappa shape index (κ2) is 8.67. The smallest absolute Gasteiger partial charge is 0.0693 e. The molecule has 0 amide bonds. The molecule has 4 nitrogen and oxygen atoms in total. The number of hydrogen-bond donors (Lipinski definition) is 2. The molecule has 0 saturated carbocycles. The van der Waals surface area contributed by atoms with Crippen LogP contribution in [0.3, 0.4) is 0 Å². The third-order valence-electron chi connectivity index (χ3n) is 2.84. The second-order valence-corrected chi connectivity index (χ2v) is 5.81. The second-order valence-electron chi connectivity index (χ2n) is 4.55. The van der Waals surface area contributed by atoms with Gasteiger partial charge in [0, 0.05) is 11.2 Å². The summed E-state index contributed by atoms with van der Waals surface area (Å²) in [4.78, 5) is 1.70. The molecule has 1 aromatic heterocycles. The molecule has 3 N–H and O–H groups in total. The molecule has 0 bridgehead atoms. The number of nitrogens with one attached hydrogen (secondary N) is 1. The molecule has 7 heteroatoms. The number of halogens is 3. The summed E-state index contributed by atoms with van der Waals surface area (Å²) < 4.78 is 0. The quantitative estimate of drug-likeness (QED) is 0.648. The van der Waals surface area contributed by atoms with Gasteiger partial charge in [-0.2, -0.15) is 9.89 Å². The summed E-state index contributed by atoms with van der Waals surface area (Å²) >= 11 is 16.8. The van der Waals surface area contributed by atoms with Crippen LogP contribution in [0.5, 0.6) is 0 Å². The highest BCUT2D eigenvalue weighted by Crippen LogP contribution is 2.30. The van der Waals surface area contributed by atoms with Gasteiger partial charge in [-0.3, -0.25) is 0 Å². The van der Waals surface area contributed by atoms with E-state index in [4.69, 9.17) is 40.5 Å². The normalized spacial score (nSPS) is 9.87. The number of nitrogens with zero attached hydrogens (tertiary/aromatic N) is 2. The summed E-state index contributed by atoms with van der Waals surface area (Å²) in [6.45, 7) is 0.794. The third-order valence-corrected chi connectivity index (χ3v) is 3.68. The highest BCUT2D eigenvalue weighted by Gasteiger charge is 2.01. The van der Waals surface area contributed by atoms with Gasteiger partial charge in [0.2, 0.25) is 0 Å². The van der Waals surface area contributed by atoms with Crippen molar-refractivity contribution in [2.45, 2.75) is 6.54 Å². The Hall–Kier alpha value is -1.88. The molecule has 0 aliphatic heterocycles. The number of nitrogens with two attached hydrogens (primary N) is 1. The van der Waals surface area contributed by atoms with Crippen LogP contribution in [0.25, 0.3) is 0 Å². The Bertz CT molecular complexity index is 707. The molecular formula is C16H15Cl3N4. The molecule has 23 heavy (non-hydrogen) atoms. The first kappa shape index (κ1) is 17.5. The van der Waals surface area contributed by atoms with Gasteiger partial charge in [0.25, 0.3) is 0 Å². The van der Waals surface area contributed by atoms with Crippen LogP contribution in [0.15, 0.2) is 60.9 Å². The molecule has 0 spiro atoms. The van der Waals surface area contributed by atoms with Crippen LogP contribution in [0, 0.1) is 0 Å². The van der Waals surface area contributed by atoms with Gasteiger partial charge in [-0.05, 0) is 23.8 Å². The van der Waals surface area contributed by atoms with Crippen LogP contribution in [0.4, 0.5) is 5.69 Å². The van der Waals surface area contributed by atoms with E-state index in [1.54, 1.807) is 23.1 Å². The number of benzene rings is 2. The molecule has 0 atom stereocenters. The van der Waals surface area contributed by atoms with Gasteiger partial charge < -0.3 is 11.2 Å². The lowest BCUT2D eigenvalue weighted by Crippen LogP contribution is -2.14. The maximum absolute atomic E-state index is 5.63. The molecule has 1 heterocycles. The van der Waals surface area contributed by atoms with Gasteiger partial charge in [-0.25, -0.2) is 0 Å². The van der Waals surface area contributed by atoms with Crippen LogP contribution >= 0.6 is 34.8 Å². The molecule has 0 unspecified atom stereocenters. The molecule has 0 radical (unpaired) electrons. The Balaban J connectivity index is 0.000000174. The summed E-state index contributed by atoms with van der Waals surface area (Å²) in [6, 6.07) is 15.2. The van der Waals surface area contributed by atoms with E-state index in [1.165, 1.54) is 5.56 Å². The van der Waals surface area contributed by atoms with Gasteiger partial charge in [-0.1, -0.05) is 65.1 Å². The van der Waals surface area contributed by atoms with Crippen molar-refractivity contribution in [2.75, 3.05) is 11.2 Å². The minimum atomic E-state index is 0.368. The lowest BCUT2D eigenvalue weighted by molar-refractivity contribution is 0.731. The molecular weight excluding hydrogens is 355 g/mol. The van der Waals surface area contributed by atoms with Crippen molar-refractivity contribution in [3.63, 3.8) is 0 Å². The third kappa shape index (κ3) is 5.67. The number of anilines is 1. The summed E-state index contributed by atoms with van der Waals surface area (Å²) in [7, 11) is 0. The highest BCUT2D eigenvalue weighted by atomic mass is 35.5. The summed E-state index contributed by atoms with van der Waals surface area (Å²) in [6.07, 6.45) is 3.63. The van der Waals surface area contributed by atoms with E-state index in [1.807, 2.05) is 30.5 Å². The summed E-state index contributed by atoms with van der Waals surface area (Å²) in [5.41, 5.74) is 10.2. The average molecular weight is 370 g/mol. The largest absolute Gasteiger partial charge is 0.396 e. The Morgan fingerprint density at radius 2 is 1.65 bits per heavy atom. The van der Waals surface area contributed by atoms with Crippen LogP contribution in [-0.2, 0) is 6.54 Å². The average Bonchev–Trinajstić information content (AvgIpc) is 3.06. The first-order valence-electron chi connectivity index (χ1n) is 6.73. The first-order chi connectivity index (χ1) is 11.1. The van der Waals surface area contributed by atoms with Crippen LogP contribution in [-0.4, -0.2) is 9.89 Å². The minimum absolute atomic E-state index is 0.368. The van der Waals surface area contributed by atoms with E-state index in [0.29, 0.717) is 20.8 Å². The standard InChI is InChI=1S/C10H11N3.C6H4Cl3N/c1-2-5-10(6-3-1)9-12-13-8-4-7-11-13;7-3-1-4(8)6(10)5(9)2-3/h1-8,12H,9H2;1-2H,10H2. The van der Waals surface area contributed by atoms with Gasteiger partial charge in [0.15, 0.2) is 0 Å². The van der Waals surface area contributed by atoms with Crippen molar-refractivity contribution < 1.29 is 0 Å². The lowest BCUT2D eigenvalue weighted by atomic mass is 10.2. The Morgan fingerprint density at radius 3 is 2.22 bits per heavy atom. The fourth-order valence-electron chi connectivity index (χ4n) is 1.68. The highest BCUT2D eigenvalue weighted by molar-refractivity contribution is 6.41. The van der Waals surface area contributed by atoms with Crippen LogP contribution in [0.1, 0.15) is 5.56 Å². The topological polar surface area (TPSA) is 55.9 Å². The molecule has 0 aliphatic carbocycles. The van der Waals surface area contributed by atoms with E-state index in [2.05, 4.69) is 22.7 Å². The van der Waals surface area contributed by atoms with Gasteiger partial charge in [-0.15, -0.1) is 0 Å². The predicted octanol–water partition coefficient (Wildman–Crippen LogP) is 4.86.